The Bertz CT molecular complexity index is 265. The van der Waals surface area contributed by atoms with Gasteiger partial charge in [-0.25, -0.2) is 0 Å². The average Bonchev–Trinajstić information content (AvgIpc) is 2.44. The van der Waals surface area contributed by atoms with E-state index in [1.165, 1.54) is 4.90 Å². The molecule has 0 spiro atoms. The lowest BCUT2D eigenvalue weighted by Gasteiger charge is -2.34. The van der Waals surface area contributed by atoms with E-state index < -0.39 is 0 Å². The first kappa shape index (κ1) is 11.6. The molecule has 0 aromatic rings. The molecule has 0 radical (unpaired) electrons. The van der Waals surface area contributed by atoms with E-state index >= 15 is 0 Å². The summed E-state index contributed by atoms with van der Waals surface area (Å²) in [6.07, 6.45) is 4.26. The van der Waals surface area contributed by atoms with Crippen LogP contribution in [0.5, 0.6) is 0 Å². The monoisotopic (exact) mass is 224 g/mol. The quantitative estimate of drug-likeness (QED) is 0.674. The van der Waals surface area contributed by atoms with Crippen LogP contribution >= 0.6 is 0 Å². The number of nitrogens with one attached hydrogen (secondary N) is 1. The summed E-state index contributed by atoms with van der Waals surface area (Å²) in [6, 6.07) is 0.0926. The second-order valence-corrected chi connectivity index (χ2v) is 5.02. The molecule has 0 saturated carbocycles. The molecule has 2 aliphatic rings. The molecule has 1 atom stereocenters. The maximum atomic E-state index is 11.9. The number of hydrogen-bond acceptors (Lipinski definition) is 3. The van der Waals surface area contributed by atoms with Gasteiger partial charge in [-0.3, -0.25) is 14.5 Å². The van der Waals surface area contributed by atoms with Gasteiger partial charge in [0.25, 0.3) is 0 Å². The number of amides is 2. The molecule has 0 aromatic carbocycles. The van der Waals surface area contributed by atoms with Gasteiger partial charge in [0.05, 0.1) is 6.04 Å². The van der Waals surface area contributed by atoms with Gasteiger partial charge in [0.1, 0.15) is 0 Å². The van der Waals surface area contributed by atoms with Gasteiger partial charge in [-0.05, 0) is 25.3 Å². The normalized spacial score (nSPS) is 29.3. The maximum Gasteiger partial charge on any atom is 0.229 e. The van der Waals surface area contributed by atoms with Crippen molar-refractivity contribution in [3.63, 3.8) is 0 Å². The highest BCUT2D eigenvalue weighted by Gasteiger charge is 2.35. The van der Waals surface area contributed by atoms with E-state index in [2.05, 4.69) is 5.32 Å². The largest absolute Gasteiger partial charge is 0.315 e. The smallest absolute Gasteiger partial charge is 0.229 e. The molecule has 4 nitrogen and oxygen atoms in total. The zero-order chi connectivity index (χ0) is 11.5. The van der Waals surface area contributed by atoms with Crippen LogP contribution < -0.4 is 5.32 Å². The molecule has 4 heteroatoms. The minimum absolute atomic E-state index is 0.0254. The third-order valence-corrected chi connectivity index (χ3v) is 3.47. The van der Waals surface area contributed by atoms with Crippen LogP contribution in [0.25, 0.3) is 0 Å². The number of rotatable bonds is 1. The van der Waals surface area contributed by atoms with Crippen molar-refractivity contribution in [2.24, 2.45) is 5.92 Å². The standard InChI is InChI=1S/C12H20N2O2/c1-9-6-11(15)14(12(16)7-9)10-4-2-3-5-13-8-10/h9-10,13H,2-8H2,1H3. The van der Waals surface area contributed by atoms with Crippen molar-refractivity contribution in [2.75, 3.05) is 13.1 Å². The predicted octanol–water partition coefficient (Wildman–Crippen LogP) is 0.914. The third kappa shape index (κ3) is 2.43. The van der Waals surface area contributed by atoms with Crippen molar-refractivity contribution in [3.05, 3.63) is 0 Å². The minimum atomic E-state index is 0.0254. The second kappa shape index (κ2) is 4.95. The molecule has 1 unspecified atom stereocenters. The second-order valence-electron chi connectivity index (χ2n) is 5.02. The Kier molecular flexibility index (Phi) is 3.59. The molecule has 0 aromatic heterocycles. The van der Waals surface area contributed by atoms with Crippen molar-refractivity contribution in [2.45, 2.75) is 45.1 Å². The van der Waals surface area contributed by atoms with E-state index in [0.29, 0.717) is 12.8 Å². The van der Waals surface area contributed by atoms with Crippen LogP contribution in [0, 0.1) is 5.92 Å². The molecule has 2 heterocycles. The van der Waals surface area contributed by atoms with Gasteiger partial charge in [-0.2, -0.15) is 0 Å². The Morgan fingerprint density at radius 2 is 1.88 bits per heavy atom. The molecule has 2 amide bonds. The summed E-state index contributed by atoms with van der Waals surface area (Å²) >= 11 is 0. The van der Waals surface area contributed by atoms with E-state index in [1.807, 2.05) is 6.92 Å². The molecule has 0 bridgehead atoms. The molecular weight excluding hydrogens is 204 g/mol. The first-order chi connectivity index (χ1) is 7.68. The Labute approximate surface area is 96.4 Å². The zero-order valence-electron chi connectivity index (χ0n) is 9.87. The fourth-order valence-electron chi connectivity index (χ4n) is 2.63. The van der Waals surface area contributed by atoms with Crippen LogP contribution in [0.1, 0.15) is 39.0 Å². The fourth-order valence-corrected chi connectivity index (χ4v) is 2.63. The summed E-state index contributed by atoms with van der Waals surface area (Å²) in [7, 11) is 0. The molecular formula is C12H20N2O2. The summed E-state index contributed by atoms with van der Waals surface area (Å²) in [5.74, 6) is 0.268. The summed E-state index contributed by atoms with van der Waals surface area (Å²) in [5.41, 5.74) is 0. The van der Waals surface area contributed by atoms with Crippen molar-refractivity contribution >= 4 is 11.8 Å². The van der Waals surface area contributed by atoms with Gasteiger partial charge in [-0.1, -0.05) is 13.3 Å². The number of imide groups is 1. The van der Waals surface area contributed by atoms with Crippen molar-refractivity contribution in [3.8, 4) is 0 Å². The zero-order valence-corrected chi connectivity index (χ0v) is 9.87. The van der Waals surface area contributed by atoms with Gasteiger partial charge in [0, 0.05) is 19.4 Å². The van der Waals surface area contributed by atoms with Crippen molar-refractivity contribution in [1.82, 2.24) is 10.2 Å². The van der Waals surface area contributed by atoms with Gasteiger partial charge in [-0.15, -0.1) is 0 Å². The fraction of sp³-hybridized carbons (Fsp3) is 0.833. The summed E-state index contributed by atoms with van der Waals surface area (Å²) < 4.78 is 0. The lowest BCUT2D eigenvalue weighted by atomic mass is 9.95. The Hall–Kier alpha value is -0.900. The van der Waals surface area contributed by atoms with Crippen LogP contribution in [-0.4, -0.2) is 35.8 Å². The predicted molar refractivity (Wildman–Crippen MR) is 60.8 cm³/mol. The highest BCUT2D eigenvalue weighted by atomic mass is 16.2. The minimum Gasteiger partial charge on any atom is -0.315 e. The molecule has 0 aliphatic carbocycles. The highest BCUT2D eigenvalue weighted by molar-refractivity contribution is 5.98. The Morgan fingerprint density at radius 3 is 2.56 bits per heavy atom. The highest BCUT2D eigenvalue weighted by Crippen LogP contribution is 2.23. The summed E-state index contributed by atoms with van der Waals surface area (Å²) in [6.45, 7) is 3.74. The topological polar surface area (TPSA) is 49.4 Å². The average molecular weight is 224 g/mol. The van der Waals surface area contributed by atoms with Crippen molar-refractivity contribution < 1.29 is 9.59 Å². The molecule has 2 fully saturated rings. The number of carbonyl (C=O) groups is 2. The number of piperidine rings is 1. The lowest BCUT2D eigenvalue weighted by molar-refractivity contribution is -0.152. The van der Waals surface area contributed by atoms with Crippen molar-refractivity contribution in [1.29, 1.82) is 0 Å². The molecule has 16 heavy (non-hydrogen) atoms. The Balaban J connectivity index is 2.05. The van der Waals surface area contributed by atoms with E-state index in [9.17, 15) is 9.59 Å². The van der Waals surface area contributed by atoms with E-state index in [0.717, 1.165) is 32.4 Å². The van der Waals surface area contributed by atoms with E-state index in [-0.39, 0.29) is 23.8 Å². The van der Waals surface area contributed by atoms with Gasteiger partial charge < -0.3 is 5.32 Å². The molecule has 90 valence electrons. The SMILES string of the molecule is CC1CC(=O)N(C2CCCCNC2)C(=O)C1. The van der Waals surface area contributed by atoms with Gasteiger partial charge in [0.15, 0.2) is 0 Å². The third-order valence-electron chi connectivity index (χ3n) is 3.47. The Morgan fingerprint density at radius 1 is 1.19 bits per heavy atom. The molecule has 2 saturated heterocycles. The van der Waals surface area contributed by atoms with E-state index in [4.69, 9.17) is 0 Å². The first-order valence-corrected chi connectivity index (χ1v) is 6.24. The van der Waals surface area contributed by atoms with Crippen LogP contribution in [-0.2, 0) is 9.59 Å². The molecule has 2 aliphatic heterocycles. The number of likely N-dealkylation sites (tertiary alicyclic amines) is 1. The van der Waals surface area contributed by atoms with Crippen LogP contribution in [0.4, 0.5) is 0 Å². The molecule has 2 rings (SSSR count). The van der Waals surface area contributed by atoms with Crippen LogP contribution in [0.3, 0.4) is 0 Å². The van der Waals surface area contributed by atoms with Gasteiger partial charge >= 0.3 is 0 Å². The van der Waals surface area contributed by atoms with E-state index in [1.54, 1.807) is 0 Å². The summed E-state index contributed by atoms with van der Waals surface area (Å²) in [4.78, 5) is 25.3. The lowest BCUT2D eigenvalue weighted by Crippen LogP contribution is -2.51. The number of hydrogen-bond donors (Lipinski definition) is 1. The van der Waals surface area contributed by atoms with Crippen LogP contribution in [0.2, 0.25) is 0 Å². The summed E-state index contributed by atoms with van der Waals surface area (Å²) in [5, 5.41) is 3.30. The first-order valence-electron chi connectivity index (χ1n) is 6.24. The number of nitrogens with zero attached hydrogens (tertiary/aromatic N) is 1. The molecule has 1 N–H and O–H groups in total. The maximum absolute atomic E-state index is 11.9. The van der Waals surface area contributed by atoms with Gasteiger partial charge in [0.2, 0.25) is 11.8 Å². The van der Waals surface area contributed by atoms with Crippen LogP contribution in [0.15, 0.2) is 0 Å². The number of carbonyl (C=O) groups excluding carboxylic acids is 2.